The number of hydrogen-bond acceptors (Lipinski definition) is 6. The number of tetrazole rings is 1. The second-order valence-electron chi connectivity index (χ2n) is 2.89. The van der Waals surface area contributed by atoms with E-state index in [1.54, 1.807) is 11.6 Å². The van der Waals surface area contributed by atoms with E-state index >= 15 is 0 Å². The zero-order valence-electron chi connectivity index (χ0n) is 8.00. The van der Waals surface area contributed by atoms with E-state index in [1.807, 2.05) is 0 Å². The van der Waals surface area contributed by atoms with Crippen molar-refractivity contribution >= 4 is 11.8 Å². The molecule has 0 fully saturated rings. The van der Waals surface area contributed by atoms with Gasteiger partial charge in [-0.25, -0.2) is 4.68 Å². The molecule has 1 rings (SSSR count). The van der Waals surface area contributed by atoms with Gasteiger partial charge >= 0.3 is 0 Å². The second-order valence-corrected chi connectivity index (χ2v) is 3.96. The molecule has 0 aliphatic carbocycles. The molecule has 7 heteroatoms. The summed E-state index contributed by atoms with van der Waals surface area (Å²) < 4.78 is 1.55. The smallest absolute Gasteiger partial charge is 0.209 e. The van der Waals surface area contributed by atoms with Crippen LogP contribution in [-0.4, -0.2) is 48.9 Å². The maximum Gasteiger partial charge on any atom is 0.209 e. The summed E-state index contributed by atoms with van der Waals surface area (Å²) in [6.07, 6.45) is 0.404. The molecule has 1 atom stereocenters. The van der Waals surface area contributed by atoms with Crippen molar-refractivity contribution < 1.29 is 10.2 Å². The number of hydrogen-bond donors (Lipinski definition) is 2. The van der Waals surface area contributed by atoms with Gasteiger partial charge in [0.1, 0.15) is 0 Å². The molecule has 6 nitrogen and oxygen atoms in total. The van der Waals surface area contributed by atoms with E-state index in [-0.39, 0.29) is 12.7 Å². The van der Waals surface area contributed by atoms with Crippen LogP contribution in [0.25, 0.3) is 0 Å². The van der Waals surface area contributed by atoms with Crippen molar-refractivity contribution in [3.05, 3.63) is 0 Å². The van der Waals surface area contributed by atoms with Crippen LogP contribution in [-0.2, 0) is 6.54 Å². The molecule has 80 valence electrons. The molecule has 0 aliphatic heterocycles. The summed E-state index contributed by atoms with van der Waals surface area (Å²) in [5, 5.41) is 29.5. The summed E-state index contributed by atoms with van der Waals surface area (Å²) in [6.45, 7) is 2.18. The Bertz CT molecular complexity index is 266. The first-order valence-electron chi connectivity index (χ1n) is 4.42. The number of aliphatic hydroxyl groups excluding tert-OH is 2. The average Bonchev–Trinajstić information content (AvgIpc) is 2.53. The lowest BCUT2D eigenvalue weighted by Crippen LogP contribution is -2.06. The van der Waals surface area contributed by atoms with Gasteiger partial charge in [-0.2, -0.15) is 0 Å². The van der Waals surface area contributed by atoms with Crippen LogP contribution in [0.5, 0.6) is 0 Å². The standard InChI is InChI=1S/C7H14N4O2S/c1-6(13)2-5-14-7-8-9-10-11(7)3-4-12/h6,12-13H,2-5H2,1H3. The summed E-state index contributed by atoms with van der Waals surface area (Å²) >= 11 is 1.48. The molecule has 0 aromatic carbocycles. The van der Waals surface area contributed by atoms with E-state index in [4.69, 9.17) is 10.2 Å². The SMILES string of the molecule is CC(O)CCSc1nnnn1CCO. The molecule has 1 aromatic heterocycles. The number of thioether (sulfide) groups is 1. The molecule has 0 saturated heterocycles. The zero-order valence-corrected chi connectivity index (χ0v) is 8.81. The van der Waals surface area contributed by atoms with Gasteiger partial charge in [0.25, 0.3) is 0 Å². The predicted octanol–water partition coefficient (Wildman–Crippen LogP) is -0.472. The Labute approximate surface area is 86.3 Å². The third kappa shape index (κ3) is 3.60. The lowest BCUT2D eigenvalue weighted by atomic mass is 10.3. The molecular formula is C7H14N4O2S. The number of aliphatic hydroxyl groups is 2. The normalized spacial score (nSPS) is 13.1. The second kappa shape index (κ2) is 5.94. The average molecular weight is 218 g/mol. The van der Waals surface area contributed by atoms with Gasteiger partial charge in [-0.1, -0.05) is 11.8 Å². The largest absolute Gasteiger partial charge is 0.394 e. The molecule has 2 N–H and O–H groups in total. The van der Waals surface area contributed by atoms with Crippen molar-refractivity contribution in [2.45, 2.75) is 31.1 Å². The maximum absolute atomic E-state index is 9.04. The Morgan fingerprint density at radius 1 is 1.57 bits per heavy atom. The van der Waals surface area contributed by atoms with Gasteiger partial charge in [-0.05, 0) is 23.8 Å². The Balaban J connectivity index is 2.37. The van der Waals surface area contributed by atoms with E-state index < -0.39 is 0 Å². The van der Waals surface area contributed by atoms with Crippen molar-refractivity contribution in [1.82, 2.24) is 20.2 Å². The first-order chi connectivity index (χ1) is 6.74. The topological polar surface area (TPSA) is 84.1 Å². The van der Waals surface area contributed by atoms with E-state index in [2.05, 4.69) is 15.5 Å². The van der Waals surface area contributed by atoms with Crippen LogP contribution < -0.4 is 0 Å². The van der Waals surface area contributed by atoms with Gasteiger partial charge in [0.05, 0.1) is 19.3 Å². The predicted molar refractivity (Wildman–Crippen MR) is 51.9 cm³/mol. The quantitative estimate of drug-likeness (QED) is 0.628. The third-order valence-electron chi connectivity index (χ3n) is 1.58. The van der Waals surface area contributed by atoms with Crippen molar-refractivity contribution in [3.63, 3.8) is 0 Å². The monoisotopic (exact) mass is 218 g/mol. The van der Waals surface area contributed by atoms with Gasteiger partial charge in [-0.15, -0.1) is 5.10 Å². The minimum Gasteiger partial charge on any atom is -0.394 e. The molecular weight excluding hydrogens is 204 g/mol. The summed E-state index contributed by atoms with van der Waals surface area (Å²) in [6, 6.07) is 0. The van der Waals surface area contributed by atoms with Gasteiger partial charge in [0.15, 0.2) is 0 Å². The third-order valence-corrected chi connectivity index (χ3v) is 2.57. The van der Waals surface area contributed by atoms with Gasteiger partial charge in [-0.3, -0.25) is 0 Å². The molecule has 1 unspecified atom stereocenters. The molecule has 1 aromatic rings. The van der Waals surface area contributed by atoms with Crippen molar-refractivity contribution in [3.8, 4) is 0 Å². The van der Waals surface area contributed by atoms with Crippen LogP contribution in [0.15, 0.2) is 5.16 Å². The van der Waals surface area contributed by atoms with Crippen molar-refractivity contribution in [2.75, 3.05) is 12.4 Å². The first-order valence-corrected chi connectivity index (χ1v) is 5.40. The molecule has 0 aliphatic rings. The minimum atomic E-state index is -0.301. The Kier molecular flexibility index (Phi) is 4.85. The fourth-order valence-electron chi connectivity index (χ4n) is 0.856. The van der Waals surface area contributed by atoms with Crippen LogP contribution in [0.4, 0.5) is 0 Å². The molecule has 1 heterocycles. The lowest BCUT2D eigenvalue weighted by Gasteiger charge is -2.03. The Hall–Kier alpha value is -0.660. The van der Waals surface area contributed by atoms with Crippen molar-refractivity contribution in [1.29, 1.82) is 0 Å². The highest BCUT2D eigenvalue weighted by atomic mass is 32.2. The van der Waals surface area contributed by atoms with Crippen LogP contribution in [0, 0.1) is 0 Å². The fraction of sp³-hybridized carbons (Fsp3) is 0.857. The van der Waals surface area contributed by atoms with Crippen LogP contribution in [0.3, 0.4) is 0 Å². The summed E-state index contributed by atoms with van der Waals surface area (Å²) in [4.78, 5) is 0. The molecule has 14 heavy (non-hydrogen) atoms. The van der Waals surface area contributed by atoms with E-state index in [1.165, 1.54) is 11.8 Å². The van der Waals surface area contributed by atoms with Crippen LogP contribution in [0.1, 0.15) is 13.3 Å². The van der Waals surface area contributed by atoms with Crippen LogP contribution in [0.2, 0.25) is 0 Å². The van der Waals surface area contributed by atoms with Crippen LogP contribution >= 0.6 is 11.8 Å². The Morgan fingerprint density at radius 2 is 2.36 bits per heavy atom. The highest BCUT2D eigenvalue weighted by molar-refractivity contribution is 7.99. The molecule has 0 radical (unpaired) electrons. The first kappa shape index (κ1) is 11.4. The number of rotatable bonds is 6. The lowest BCUT2D eigenvalue weighted by molar-refractivity contribution is 0.192. The number of nitrogens with zero attached hydrogens (tertiary/aromatic N) is 4. The maximum atomic E-state index is 9.04. The Morgan fingerprint density at radius 3 is 3.00 bits per heavy atom. The molecule has 0 saturated carbocycles. The summed E-state index contributed by atoms with van der Waals surface area (Å²) in [5.74, 6) is 0.767. The van der Waals surface area contributed by atoms with Gasteiger partial charge in [0.2, 0.25) is 5.16 Å². The molecule has 0 spiro atoms. The van der Waals surface area contributed by atoms with E-state index in [0.29, 0.717) is 18.1 Å². The van der Waals surface area contributed by atoms with Gasteiger partial charge in [0, 0.05) is 5.75 Å². The highest BCUT2D eigenvalue weighted by Crippen LogP contribution is 2.15. The molecule has 0 bridgehead atoms. The summed E-state index contributed by atoms with van der Waals surface area (Å²) in [7, 11) is 0. The van der Waals surface area contributed by atoms with Gasteiger partial charge < -0.3 is 10.2 Å². The zero-order chi connectivity index (χ0) is 10.4. The minimum absolute atomic E-state index is 0.0228. The fourth-order valence-corrected chi connectivity index (χ4v) is 1.87. The van der Waals surface area contributed by atoms with E-state index in [0.717, 1.165) is 5.75 Å². The highest BCUT2D eigenvalue weighted by Gasteiger charge is 2.06. The van der Waals surface area contributed by atoms with E-state index in [9.17, 15) is 0 Å². The molecule has 0 amide bonds. The number of aromatic nitrogens is 4. The summed E-state index contributed by atoms with van der Waals surface area (Å²) in [5.41, 5.74) is 0. The van der Waals surface area contributed by atoms with Crippen molar-refractivity contribution in [2.24, 2.45) is 0 Å².